The SMILES string of the molecule is N#Cc1ccc(N2CCCC3CCCC32)nc1. The summed E-state index contributed by atoms with van der Waals surface area (Å²) in [5, 5.41) is 8.79. The average Bonchev–Trinajstić information content (AvgIpc) is 2.87. The van der Waals surface area contributed by atoms with Crippen molar-refractivity contribution in [2.24, 2.45) is 5.92 Å². The van der Waals surface area contributed by atoms with Crippen molar-refractivity contribution in [3.63, 3.8) is 0 Å². The predicted molar refractivity (Wildman–Crippen MR) is 66.7 cm³/mol. The molecule has 0 aromatic carbocycles. The van der Waals surface area contributed by atoms with Crippen LogP contribution >= 0.6 is 0 Å². The molecule has 1 aliphatic heterocycles. The highest BCUT2D eigenvalue weighted by molar-refractivity contribution is 5.43. The lowest BCUT2D eigenvalue weighted by atomic mass is 9.92. The molecule has 0 N–H and O–H groups in total. The van der Waals surface area contributed by atoms with E-state index in [4.69, 9.17) is 5.26 Å². The quantitative estimate of drug-likeness (QED) is 0.740. The van der Waals surface area contributed by atoms with Crippen molar-refractivity contribution < 1.29 is 0 Å². The van der Waals surface area contributed by atoms with Crippen molar-refractivity contribution in [1.82, 2.24) is 4.98 Å². The number of aromatic nitrogens is 1. The van der Waals surface area contributed by atoms with Crippen LogP contribution < -0.4 is 4.90 Å². The summed E-state index contributed by atoms with van der Waals surface area (Å²) in [5.41, 5.74) is 0.647. The minimum Gasteiger partial charge on any atom is -0.353 e. The first-order valence-electron chi connectivity index (χ1n) is 6.51. The van der Waals surface area contributed by atoms with Gasteiger partial charge < -0.3 is 4.90 Å². The van der Waals surface area contributed by atoms with Crippen molar-refractivity contribution in [3.8, 4) is 6.07 Å². The Morgan fingerprint density at radius 3 is 2.88 bits per heavy atom. The van der Waals surface area contributed by atoms with Crippen LogP contribution in [0.1, 0.15) is 37.7 Å². The molecule has 0 radical (unpaired) electrons. The number of nitriles is 1. The first-order chi connectivity index (χ1) is 8.38. The second-order valence-corrected chi connectivity index (χ2v) is 5.11. The van der Waals surface area contributed by atoms with E-state index in [1.165, 1.54) is 32.1 Å². The molecule has 2 heterocycles. The minimum atomic E-state index is 0.647. The number of anilines is 1. The molecule has 88 valence electrons. The van der Waals surface area contributed by atoms with Gasteiger partial charge in [0.2, 0.25) is 0 Å². The van der Waals surface area contributed by atoms with E-state index >= 15 is 0 Å². The molecule has 17 heavy (non-hydrogen) atoms. The Morgan fingerprint density at radius 2 is 2.12 bits per heavy atom. The van der Waals surface area contributed by atoms with E-state index in [1.807, 2.05) is 12.1 Å². The number of fused-ring (bicyclic) bond motifs is 1. The molecule has 0 amide bonds. The van der Waals surface area contributed by atoms with Gasteiger partial charge in [0, 0.05) is 18.8 Å². The van der Waals surface area contributed by atoms with Crippen LogP contribution in [-0.4, -0.2) is 17.6 Å². The monoisotopic (exact) mass is 227 g/mol. The van der Waals surface area contributed by atoms with Gasteiger partial charge in [-0.1, -0.05) is 6.42 Å². The number of nitrogens with zero attached hydrogens (tertiary/aromatic N) is 3. The molecule has 2 fully saturated rings. The number of rotatable bonds is 1. The highest BCUT2D eigenvalue weighted by atomic mass is 15.2. The molecule has 1 saturated heterocycles. The molecule has 1 aliphatic carbocycles. The maximum Gasteiger partial charge on any atom is 0.128 e. The van der Waals surface area contributed by atoms with Crippen LogP contribution in [-0.2, 0) is 0 Å². The van der Waals surface area contributed by atoms with Crippen LogP contribution in [0.2, 0.25) is 0 Å². The summed E-state index contributed by atoms with van der Waals surface area (Å²) in [6.07, 6.45) is 8.42. The average molecular weight is 227 g/mol. The van der Waals surface area contributed by atoms with Gasteiger partial charge in [-0.15, -0.1) is 0 Å². The zero-order chi connectivity index (χ0) is 11.7. The summed E-state index contributed by atoms with van der Waals surface area (Å²) in [5.74, 6) is 1.93. The molecular weight excluding hydrogens is 210 g/mol. The van der Waals surface area contributed by atoms with Gasteiger partial charge in [-0.2, -0.15) is 5.26 Å². The van der Waals surface area contributed by atoms with Gasteiger partial charge in [0.25, 0.3) is 0 Å². The van der Waals surface area contributed by atoms with Crippen LogP contribution in [0.3, 0.4) is 0 Å². The largest absolute Gasteiger partial charge is 0.353 e. The van der Waals surface area contributed by atoms with Crippen LogP contribution in [0.4, 0.5) is 5.82 Å². The second-order valence-electron chi connectivity index (χ2n) is 5.11. The van der Waals surface area contributed by atoms with Gasteiger partial charge in [0.15, 0.2) is 0 Å². The first kappa shape index (κ1) is 10.6. The van der Waals surface area contributed by atoms with Gasteiger partial charge in [0.1, 0.15) is 11.9 Å². The summed E-state index contributed by atoms with van der Waals surface area (Å²) in [6.45, 7) is 1.13. The molecule has 1 aromatic heterocycles. The third-order valence-electron chi connectivity index (χ3n) is 4.16. The Kier molecular flexibility index (Phi) is 2.72. The number of piperidine rings is 1. The van der Waals surface area contributed by atoms with Crippen LogP contribution in [0, 0.1) is 17.2 Å². The lowest BCUT2D eigenvalue weighted by molar-refractivity contribution is 0.360. The van der Waals surface area contributed by atoms with E-state index in [9.17, 15) is 0 Å². The second kappa shape index (κ2) is 4.37. The molecule has 2 aliphatic rings. The van der Waals surface area contributed by atoms with Crippen LogP contribution in [0.25, 0.3) is 0 Å². The van der Waals surface area contributed by atoms with Gasteiger partial charge in [-0.3, -0.25) is 0 Å². The number of pyridine rings is 1. The van der Waals surface area contributed by atoms with E-state index in [2.05, 4.69) is 16.0 Å². The molecular formula is C14H17N3. The van der Waals surface area contributed by atoms with Crippen LogP contribution in [0.15, 0.2) is 18.3 Å². The Hall–Kier alpha value is -1.56. The summed E-state index contributed by atoms with van der Waals surface area (Å²) >= 11 is 0. The smallest absolute Gasteiger partial charge is 0.128 e. The molecule has 3 heteroatoms. The summed E-state index contributed by atoms with van der Waals surface area (Å²) in [4.78, 5) is 6.90. The number of hydrogen-bond donors (Lipinski definition) is 0. The molecule has 0 spiro atoms. The summed E-state index contributed by atoms with van der Waals surface area (Å²) in [6, 6.07) is 6.70. The van der Waals surface area contributed by atoms with Gasteiger partial charge in [0.05, 0.1) is 5.56 Å². The molecule has 1 aromatic rings. The highest BCUT2D eigenvalue weighted by Crippen LogP contribution is 2.38. The van der Waals surface area contributed by atoms with E-state index in [-0.39, 0.29) is 0 Å². The Morgan fingerprint density at radius 1 is 1.24 bits per heavy atom. The van der Waals surface area contributed by atoms with Gasteiger partial charge in [-0.05, 0) is 43.7 Å². The van der Waals surface area contributed by atoms with Crippen LogP contribution in [0.5, 0.6) is 0 Å². The van der Waals surface area contributed by atoms with E-state index in [1.54, 1.807) is 6.20 Å². The van der Waals surface area contributed by atoms with Gasteiger partial charge in [-0.25, -0.2) is 4.98 Å². The topological polar surface area (TPSA) is 39.9 Å². The minimum absolute atomic E-state index is 0.647. The fourth-order valence-electron chi connectivity index (χ4n) is 3.36. The zero-order valence-corrected chi connectivity index (χ0v) is 9.97. The maximum absolute atomic E-state index is 8.79. The van der Waals surface area contributed by atoms with E-state index in [0.717, 1.165) is 18.3 Å². The molecule has 3 nitrogen and oxygen atoms in total. The van der Waals surface area contributed by atoms with E-state index < -0.39 is 0 Å². The Labute approximate surface area is 102 Å². The van der Waals surface area contributed by atoms with Crippen molar-refractivity contribution >= 4 is 5.82 Å². The Balaban J connectivity index is 1.84. The van der Waals surface area contributed by atoms with Gasteiger partial charge >= 0.3 is 0 Å². The molecule has 2 unspecified atom stereocenters. The lowest BCUT2D eigenvalue weighted by Crippen LogP contribution is -2.43. The third kappa shape index (κ3) is 1.88. The van der Waals surface area contributed by atoms with Crippen molar-refractivity contribution in [2.75, 3.05) is 11.4 Å². The normalized spacial score (nSPS) is 27.6. The lowest BCUT2D eigenvalue weighted by Gasteiger charge is -2.38. The molecule has 2 atom stereocenters. The summed E-state index contributed by atoms with van der Waals surface area (Å²) < 4.78 is 0. The highest BCUT2D eigenvalue weighted by Gasteiger charge is 2.35. The first-order valence-corrected chi connectivity index (χ1v) is 6.51. The maximum atomic E-state index is 8.79. The van der Waals surface area contributed by atoms with E-state index in [0.29, 0.717) is 11.6 Å². The fraction of sp³-hybridized carbons (Fsp3) is 0.571. The Bertz CT molecular complexity index is 432. The third-order valence-corrected chi connectivity index (χ3v) is 4.16. The summed E-state index contributed by atoms with van der Waals surface area (Å²) in [7, 11) is 0. The van der Waals surface area contributed by atoms with Crippen molar-refractivity contribution in [3.05, 3.63) is 23.9 Å². The molecule has 3 rings (SSSR count). The fourth-order valence-corrected chi connectivity index (χ4v) is 3.36. The molecule has 0 bridgehead atoms. The van der Waals surface area contributed by atoms with Crippen molar-refractivity contribution in [1.29, 1.82) is 5.26 Å². The van der Waals surface area contributed by atoms with Crippen molar-refractivity contribution in [2.45, 2.75) is 38.1 Å². The molecule has 1 saturated carbocycles. The predicted octanol–water partition coefficient (Wildman–Crippen LogP) is 2.72. The standard InChI is InChI=1S/C14H17N3/c15-9-11-6-7-14(16-10-11)17-8-2-4-12-3-1-5-13(12)17/h6-7,10,12-13H,1-5,8H2. The zero-order valence-electron chi connectivity index (χ0n) is 9.97. The number of hydrogen-bond acceptors (Lipinski definition) is 3.